The van der Waals surface area contributed by atoms with E-state index in [4.69, 9.17) is 5.73 Å². The van der Waals surface area contributed by atoms with E-state index in [1.54, 1.807) is 11.8 Å². The molecule has 2 heterocycles. The number of hydrogen-bond donors (Lipinski definition) is 2. The van der Waals surface area contributed by atoms with Crippen LogP contribution in [-0.2, 0) is 0 Å². The predicted molar refractivity (Wildman–Crippen MR) is 44.2 cm³/mol. The Labute approximate surface area is 64.5 Å². The number of nitrogens with two attached hydrogens (primary N) is 1. The van der Waals surface area contributed by atoms with Gasteiger partial charge in [-0.1, -0.05) is 0 Å². The van der Waals surface area contributed by atoms with Gasteiger partial charge < -0.3 is 11.1 Å². The van der Waals surface area contributed by atoms with Crippen LogP contribution in [0.1, 0.15) is 0 Å². The molecule has 0 amide bonds. The molecule has 0 bridgehead atoms. The molecule has 3 nitrogen and oxygen atoms in total. The topological polar surface area (TPSA) is 50.4 Å². The molecule has 10 heavy (non-hydrogen) atoms. The zero-order valence-corrected chi connectivity index (χ0v) is 6.53. The fourth-order valence-corrected chi connectivity index (χ4v) is 2.31. The molecule has 2 atom stereocenters. The van der Waals surface area contributed by atoms with Crippen molar-refractivity contribution < 1.29 is 0 Å². The highest BCUT2D eigenvalue weighted by atomic mass is 32.2. The summed E-state index contributed by atoms with van der Waals surface area (Å²) in [6, 6.07) is 0. The van der Waals surface area contributed by atoms with E-state index < -0.39 is 0 Å². The average Bonchev–Trinajstić information content (AvgIpc) is 2.33. The third-order valence-electron chi connectivity index (χ3n) is 1.93. The van der Waals surface area contributed by atoms with Gasteiger partial charge in [-0.15, -0.1) is 11.8 Å². The zero-order valence-electron chi connectivity index (χ0n) is 5.71. The van der Waals surface area contributed by atoms with Crippen molar-refractivity contribution in [1.82, 2.24) is 5.32 Å². The number of rotatable bonds is 0. The van der Waals surface area contributed by atoms with Crippen LogP contribution in [0.3, 0.4) is 0 Å². The molecule has 56 valence electrons. The van der Waals surface area contributed by atoms with Gasteiger partial charge in [-0.05, 0) is 0 Å². The predicted octanol–water partition coefficient (Wildman–Crippen LogP) is -0.364. The van der Waals surface area contributed by atoms with Gasteiger partial charge >= 0.3 is 0 Å². The molecule has 0 aromatic carbocycles. The van der Waals surface area contributed by atoms with Gasteiger partial charge in [-0.2, -0.15) is 0 Å². The molecule has 2 unspecified atom stereocenters. The van der Waals surface area contributed by atoms with E-state index in [9.17, 15) is 0 Å². The molecule has 0 aliphatic carbocycles. The van der Waals surface area contributed by atoms with E-state index >= 15 is 0 Å². The van der Waals surface area contributed by atoms with Gasteiger partial charge in [-0.25, -0.2) is 0 Å². The van der Waals surface area contributed by atoms with Gasteiger partial charge in [0.2, 0.25) is 0 Å². The summed E-state index contributed by atoms with van der Waals surface area (Å²) >= 11 is 1.74. The van der Waals surface area contributed by atoms with Gasteiger partial charge in [0, 0.05) is 30.5 Å². The molecule has 4 heteroatoms. The Morgan fingerprint density at radius 1 is 1.70 bits per heavy atom. The van der Waals surface area contributed by atoms with Crippen molar-refractivity contribution in [3.63, 3.8) is 0 Å². The summed E-state index contributed by atoms with van der Waals surface area (Å²) in [7, 11) is 0. The summed E-state index contributed by atoms with van der Waals surface area (Å²) in [5.41, 5.74) is 6.93. The normalized spacial score (nSPS) is 39.1. The fraction of sp³-hybridized carbons (Fsp3) is 0.833. The van der Waals surface area contributed by atoms with E-state index in [1.165, 1.54) is 5.71 Å². The van der Waals surface area contributed by atoms with Crippen molar-refractivity contribution in [2.75, 3.05) is 18.8 Å². The summed E-state index contributed by atoms with van der Waals surface area (Å²) < 4.78 is 0. The lowest BCUT2D eigenvalue weighted by Crippen LogP contribution is -2.27. The Balaban J connectivity index is 2.16. The summed E-state index contributed by atoms with van der Waals surface area (Å²) in [4.78, 5) is 4.34. The fourth-order valence-electron chi connectivity index (χ4n) is 1.36. The summed E-state index contributed by atoms with van der Waals surface area (Å²) in [6.45, 7) is 2.05. The van der Waals surface area contributed by atoms with Crippen molar-refractivity contribution in [2.45, 2.75) is 5.50 Å². The maximum absolute atomic E-state index is 5.64. The first-order chi connectivity index (χ1) is 4.86. The molecular formula is C6H11N3S. The molecule has 2 aliphatic rings. The highest BCUT2D eigenvalue weighted by Gasteiger charge is 2.26. The Bertz CT molecular complexity index is 168. The first-order valence-electron chi connectivity index (χ1n) is 3.51. The molecule has 0 aromatic heterocycles. The second kappa shape index (κ2) is 2.53. The van der Waals surface area contributed by atoms with Gasteiger partial charge in [0.25, 0.3) is 0 Å². The highest BCUT2D eigenvalue weighted by Crippen LogP contribution is 2.22. The third kappa shape index (κ3) is 1.07. The minimum Gasteiger partial charge on any atom is -0.311 e. The Hall–Kier alpha value is -0.0600. The molecule has 0 radical (unpaired) electrons. The average molecular weight is 157 g/mol. The molecule has 1 fully saturated rings. The van der Waals surface area contributed by atoms with Crippen LogP contribution in [-0.4, -0.2) is 30.1 Å². The van der Waals surface area contributed by atoms with Gasteiger partial charge in [0.1, 0.15) is 5.50 Å². The minimum absolute atomic E-state index is 0.00569. The van der Waals surface area contributed by atoms with Crippen LogP contribution in [0.4, 0.5) is 0 Å². The molecule has 2 rings (SSSR count). The largest absolute Gasteiger partial charge is 0.311 e. The first-order valence-corrected chi connectivity index (χ1v) is 4.55. The van der Waals surface area contributed by atoms with Crippen molar-refractivity contribution >= 4 is 17.5 Å². The highest BCUT2D eigenvalue weighted by molar-refractivity contribution is 7.99. The third-order valence-corrected chi connectivity index (χ3v) is 2.97. The first kappa shape index (κ1) is 6.64. The SMILES string of the molecule is NC1N=C2CNCC2CS1. The van der Waals surface area contributed by atoms with Gasteiger partial charge in [-0.3, -0.25) is 4.99 Å². The lowest BCUT2D eigenvalue weighted by molar-refractivity contribution is 0.739. The quantitative estimate of drug-likeness (QED) is 0.504. The van der Waals surface area contributed by atoms with E-state index in [-0.39, 0.29) is 5.50 Å². The van der Waals surface area contributed by atoms with Crippen molar-refractivity contribution in [3.05, 3.63) is 0 Å². The molecule has 2 aliphatic heterocycles. The van der Waals surface area contributed by atoms with Crippen molar-refractivity contribution in [1.29, 1.82) is 0 Å². The zero-order chi connectivity index (χ0) is 6.97. The Morgan fingerprint density at radius 2 is 2.60 bits per heavy atom. The van der Waals surface area contributed by atoms with Crippen LogP contribution in [0.25, 0.3) is 0 Å². The lowest BCUT2D eigenvalue weighted by Gasteiger charge is -2.18. The smallest absolute Gasteiger partial charge is 0.144 e. The number of thioether (sulfide) groups is 1. The summed E-state index contributed by atoms with van der Waals surface area (Å²) in [5.74, 6) is 1.82. The maximum atomic E-state index is 5.64. The Kier molecular flexibility index (Phi) is 1.68. The Morgan fingerprint density at radius 3 is 3.50 bits per heavy atom. The number of hydrogen-bond acceptors (Lipinski definition) is 4. The number of nitrogens with one attached hydrogen (secondary N) is 1. The van der Waals surface area contributed by atoms with Crippen LogP contribution in [0.15, 0.2) is 4.99 Å². The molecular weight excluding hydrogens is 146 g/mol. The monoisotopic (exact) mass is 157 g/mol. The molecule has 0 aromatic rings. The summed E-state index contributed by atoms with van der Waals surface area (Å²) in [6.07, 6.45) is 0. The van der Waals surface area contributed by atoms with Crippen LogP contribution in [0, 0.1) is 5.92 Å². The molecule has 3 N–H and O–H groups in total. The standard InChI is InChI=1S/C6H11N3S/c7-6-9-5-2-8-1-4(5)3-10-6/h4,6,8H,1-3,7H2. The van der Waals surface area contributed by atoms with Crippen LogP contribution < -0.4 is 11.1 Å². The summed E-state index contributed by atoms with van der Waals surface area (Å²) in [5, 5.41) is 3.29. The van der Waals surface area contributed by atoms with Crippen molar-refractivity contribution in [2.24, 2.45) is 16.6 Å². The second-order valence-electron chi connectivity index (χ2n) is 2.67. The second-order valence-corrected chi connectivity index (χ2v) is 3.82. The minimum atomic E-state index is 0.00569. The van der Waals surface area contributed by atoms with Crippen molar-refractivity contribution in [3.8, 4) is 0 Å². The van der Waals surface area contributed by atoms with Gasteiger partial charge in [0.05, 0.1) is 0 Å². The van der Waals surface area contributed by atoms with Gasteiger partial charge in [0.15, 0.2) is 0 Å². The van der Waals surface area contributed by atoms with Crippen LogP contribution in [0.5, 0.6) is 0 Å². The van der Waals surface area contributed by atoms with E-state index in [1.807, 2.05) is 0 Å². The molecule has 0 saturated carbocycles. The lowest BCUT2D eigenvalue weighted by atomic mass is 10.1. The maximum Gasteiger partial charge on any atom is 0.144 e. The number of fused-ring (bicyclic) bond motifs is 1. The van der Waals surface area contributed by atoms with E-state index in [0.717, 1.165) is 18.8 Å². The number of nitrogens with zero attached hydrogens (tertiary/aromatic N) is 1. The molecule has 1 saturated heterocycles. The molecule has 0 spiro atoms. The van der Waals surface area contributed by atoms with E-state index in [0.29, 0.717) is 5.92 Å². The van der Waals surface area contributed by atoms with Crippen LogP contribution in [0.2, 0.25) is 0 Å². The number of aliphatic imine (C=N–C) groups is 1. The van der Waals surface area contributed by atoms with Crippen LogP contribution >= 0.6 is 11.8 Å². The van der Waals surface area contributed by atoms with E-state index in [2.05, 4.69) is 10.3 Å².